The number of halogens is 1. The number of aromatic nitrogens is 4. The highest BCUT2D eigenvalue weighted by Crippen LogP contribution is 2.29. The first-order valence-corrected chi connectivity index (χ1v) is 11.7. The summed E-state index contributed by atoms with van der Waals surface area (Å²) >= 11 is 6.41. The third-order valence-electron chi connectivity index (χ3n) is 5.48. The van der Waals surface area contributed by atoms with Crippen molar-refractivity contribution in [3.05, 3.63) is 39.9 Å². The summed E-state index contributed by atoms with van der Waals surface area (Å²) in [6.45, 7) is 8.49. The number of rotatable bonds is 8. The van der Waals surface area contributed by atoms with Crippen molar-refractivity contribution in [2.45, 2.75) is 53.1 Å². The van der Waals surface area contributed by atoms with E-state index in [0.717, 1.165) is 22.6 Å². The molecule has 3 aromatic heterocycles. The van der Waals surface area contributed by atoms with Crippen LogP contribution in [0.5, 0.6) is 5.75 Å². The van der Waals surface area contributed by atoms with Crippen molar-refractivity contribution in [3.8, 4) is 17.6 Å². The predicted octanol–water partition coefficient (Wildman–Crippen LogP) is 3.39. The minimum atomic E-state index is -0.625. The van der Waals surface area contributed by atoms with Gasteiger partial charge in [-0.15, -0.1) is 0 Å². The van der Waals surface area contributed by atoms with Crippen LogP contribution in [0.2, 0.25) is 5.15 Å². The molecule has 0 amide bonds. The van der Waals surface area contributed by atoms with Crippen LogP contribution in [0.25, 0.3) is 11.0 Å². The van der Waals surface area contributed by atoms with Gasteiger partial charge in [0.25, 0.3) is 0 Å². The van der Waals surface area contributed by atoms with Crippen LogP contribution in [0.4, 0.5) is 5.95 Å². The minimum absolute atomic E-state index is 0.0668. The molecule has 35 heavy (non-hydrogen) atoms. The van der Waals surface area contributed by atoms with Crippen LogP contribution < -0.4 is 16.2 Å². The SMILES string of the molecule is COc1c(C)cnc(Cn2cc(C#CCCOC(=O)C(N)CC(C)C)c3c(Cl)nc(N)nc32)c1C. The number of carbonyl (C=O) groups excluding carboxylic acids is 1. The number of nitrogen functional groups attached to an aromatic ring is 1. The molecule has 186 valence electrons. The van der Waals surface area contributed by atoms with Gasteiger partial charge >= 0.3 is 5.97 Å². The van der Waals surface area contributed by atoms with Crippen LogP contribution in [0.15, 0.2) is 12.4 Å². The van der Waals surface area contributed by atoms with Gasteiger partial charge < -0.3 is 25.5 Å². The number of anilines is 1. The molecule has 1 atom stereocenters. The van der Waals surface area contributed by atoms with E-state index in [1.807, 2.05) is 38.5 Å². The average molecular weight is 499 g/mol. The Labute approximate surface area is 210 Å². The number of hydrogen-bond acceptors (Lipinski definition) is 8. The lowest BCUT2D eigenvalue weighted by atomic mass is 10.1. The maximum absolute atomic E-state index is 12.0. The van der Waals surface area contributed by atoms with Crippen molar-refractivity contribution in [1.29, 1.82) is 0 Å². The van der Waals surface area contributed by atoms with Crippen molar-refractivity contribution >= 4 is 34.6 Å². The largest absolute Gasteiger partial charge is 0.496 e. The highest BCUT2D eigenvalue weighted by atomic mass is 35.5. The van der Waals surface area contributed by atoms with Gasteiger partial charge in [0.2, 0.25) is 5.95 Å². The lowest BCUT2D eigenvalue weighted by Crippen LogP contribution is -2.33. The second kappa shape index (κ2) is 11.4. The monoisotopic (exact) mass is 498 g/mol. The van der Waals surface area contributed by atoms with Crippen molar-refractivity contribution in [1.82, 2.24) is 19.5 Å². The van der Waals surface area contributed by atoms with Crippen molar-refractivity contribution in [3.63, 3.8) is 0 Å². The summed E-state index contributed by atoms with van der Waals surface area (Å²) in [7, 11) is 1.64. The van der Waals surface area contributed by atoms with Gasteiger partial charge in [0.15, 0.2) is 0 Å². The number of nitrogens with two attached hydrogens (primary N) is 2. The fourth-order valence-corrected chi connectivity index (χ4v) is 4.11. The van der Waals surface area contributed by atoms with Gasteiger partial charge in [0.1, 0.15) is 29.2 Å². The van der Waals surface area contributed by atoms with Crippen molar-refractivity contribution in [2.24, 2.45) is 11.7 Å². The van der Waals surface area contributed by atoms with Crippen LogP contribution in [0.3, 0.4) is 0 Å². The van der Waals surface area contributed by atoms with Crippen LogP contribution in [-0.2, 0) is 16.1 Å². The van der Waals surface area contributed by atoms with Gasteiger partial charge in [-0.3, -0.25) is 9.78 Å². The van der Waals surface area contributed by atoms with Gasteiger partial charge in [0.05, 0.1) is 30.3 Å². The lowest BCUT2D eigenvalue weighted by Gasteiger charge is -2.13. The molecule has 0 aliphatic carbocycles. The molecule has 4 N–H and O–H groups in total. The maximum Gasteiger partial charge on any atom is 0.322 e. The zero-order valence-electron chi connectivity index (χ0n) is 20.7. The Morgan fingerprint density at radius 2 is 2.03 bits per heavy atom. The Balaban J connectivity index is 1.84. The third kappa shape index (κ3) is 6.21. The molecule has 0 bridgehead atoms. The van der Waals surface area contributed by atoms with Gasteiger partial charge in [0, 0.05) is 29.9 Å². The summed E-state index contributed by atoms with van der Waals surface area (Å²) < 4.78 is 12.7. The average Bonchev–Trinajstić information content (AvgIpc) is 3.12. The Morgan fingerprint density at radius 1 is 1.29 bits per heavy atom. The van der Waals surface area contributed by atoms with E-state index in [-0.39, 0.29) is 17.7 Å². The number of methoxy groups -OCH3 is 1. The summed E-state index contributed by atoms with van der Waals surface area (Å²) in [5.74, 6) is 6.87. The number of nitrogens with zero attached hydrogens (tertiary/aromatic N) is 4. The molecule has 0 saturated heterocycles. The number of fused-ring (bicyclic) bond motifs is 1. The van der Waals surface area contributed by atoms with Crippen LogP contribution in [-0.4, -0.2) is 45.2 Å². The number of hydrogen-bond donors (Lipinski definition) is 2. The summed E-state index contributed by atoms with van der Waals surface area (Å²) in [6, 6.07) is -0.625. The quantitative estimate of drug-likeness (QED) is 0.209. The van der Waals surface area contributed by atoms with Crippen molar-refractivity contribution < 1.29 is 14.3 Å². The second-order valence-electron chi connectivity index (χ2n) is 8.74. The van der Waals surface area contributed by atoms with Crippen LogP contribution in [0, 0.1) is 31.6 Å². The van der Waals surface area contributed by atoms with Gasteiger partial charge in [-0.1, -0.05) is 37.3 Å². The summed E-state index contributed by atoms with van der Waals surface area (Å²) in [5.41, 5.74) is 15.6. The maximum atomic E-state index is 12.0. The number of aryl methyl sites for hydroxylation is 1. The predicted molar refractivity (Wildman–Crippen MR) is 136 cm³/mol. The standard InChI is InChI=1S/C25H31ClN6O3/c1-14(2)10-18(27)24(33)35-9-7-6-8-17-12-32(23-20(17)22(26)30-25(28)31-23)13-19-16(4)21(34-5)15(3)11-29-19/h11-12,14,18H,7,9-10,13,27H2,1-5H3,(H2,28,30,31). The molecule has 0 aromatic carbocycles. The van der Waals surface area contributed by atoms with E-state index in [4.69, 9.17) is 32.5 Å². The lowest BCUT2D eigenvalue weighted by molar-refractivity contribution is -0.145. The van der Waals surface area contributed by atoms with E-state index in [1.165, 1.54) is 0 Å². The Hall–Kier alpha value is -3.35. The molecule has 0 saturated carbocycles. The molecular weight excluding hydrogens is 468 g/mol. The van der Waals surface area contributed by atoms with Crippen LogP contribution in [0.1, 0.15) is 49.1 Å². The molecule has 0 spiro atoms. The molecular formula is C25H31ClN6O3. The fourth-order valence-electron chi connectivity index (χ4n) is 3.84. The van der Waals surface area contributed by atoms with Gasteiger partial charge in [-0.2, -0.15) is 4.98 Å². The Bertz CT molecular complexity index is 1290. The number of carbonyl (C=O) groups is 1. The molecule has 1 unspecified atom stereocenters. The van der Waals surface area contributed by atoms with E-state index >= 15 is 0 Å². The molecule has 0 aliphatic heterocycles. The Kier molecular flexibility index (Phi) is 8.54. The zero-order chi connectivity index (χ0) is 25.7. The summed E-state index contributed by atoms with van der Waals surface area (Å²) in [6.07, 6.45) is 4.54. The number of pyridine rings is 1. The van der Waals surface area contributed by atoms with Crippen LogP contribution >= 0.6 is 11.6 Å². The zero-order valence-corrected chi connectivity index (χ0v) is 21.4. The topological polar surface area (TPSA) is 131 Å². The first kappa shape index (κ1) is 26.3. The number of esters is 1. The normalized spacial score (nSPS) is 11.9. The molecule has 3 aromatic rings. The molecule has 3 rings (SSSR count). The van der Waals surface area contributed by atoms with E-state index in [2.05, 4.69) is 26.8 Å². The van der Waals surface area contributed by atoms with E-state index in [0.29, 0.717) is 41.9 Å². The fraction of sp³-hybridized carbons (Fsp3) is 0.440. The smallest absolute Gasteiger partial charge is 0.322 e. The van der Waals surface area contributed by atoms with E-state index in [9.17, 15) is 4.79 Å². The Morgan fingerprint density at radius 3 is 2.71 bits per heavy atom. The summed E-state index contributed by atoms with van der Waals surface area (Å²) in [4.78, 5) is 25.0. The molecule has 0 aliphatic rings. The highest BCUT2D eigenvalue weighted by molar-refractivity contribution is 6.34. The first-order chi connectivity index (χ1) is 16.6. The third-order valence-corrected chi connectivity index (χ3v) is 5.76. The van der Waals surface area contributed by atoms with Crippen molar-refractivity contribution in [2.75, 3.05) is 19.5 Å². The highest BCUT2D eigenvalue weighted by Gasteiger charge is 2.18. The van der Waals surface area contributed by atoms with Gasteiger partial charge in [-0.25, -0.2) is 4.98 Å². The first-order valence-electron chi connectivity index (χ1n) is 11.3. The van der Waals surface area contributed by atoms with Gasteiger partial charge in [-0.05, 0) is 26.2 Å². The molecule has 0 fully saturated rings. The number of ether oxygens (including phenoxy) is 2. The summed E-state index contributed by atoms with van der Waals surface area (Å²) in [5, 5.41) is 0.814. The second-order valence-corrected chi connectivity index (χ2v) is 9.10. The molecule has 9 nitrogen and oxygen atoms in total. The minimum Gasteiger partial charge on any atom is -0.496 e. The molecule has 10 heteroatoms. The molecule has 0 radical (unpaired) electrons. The molecule has 3 heterocycles. The van der Waals surface area contributed by atoms with E-state index in [1.54, 1.807) is 13.3 Å². The van der Waals surface area contributed by atoms with E-state index < -0.39 is 12.0 Å².